The van der Waals surface area contributed by atoms with Gasteiger partial charge >= 0.3 is 0 Å². The smallest absolute Gasteiger partial charge is 0.262 e. The van der Waals surface area contributed by atoms with E-state index < -0.39 is 0 Å². The highest BCUT2D eigenvalue weighted by Crippen LogP contribution is 2.34. The molecule has 1 aliphatic carbocycles. The molecule has 27 heavy (non-hydrogen) atoms. The van der Waals surface area contributed by atoms with Crippen molar-refractivity contribution in [3.05, 3.63) is 58.0 Å². The molecule has 2 aliphatic rings. The van der Waals surface area contributed by atoms with Gasteiger partial charge in [-0.1, -0.05) is 24.6 Å². The van der Waals surface area contributed by atoms with E-state index in [2.05, 4.69) is 10.4 Å². The van der Waals surface area contributed by atoms with E-state index in [1.54, 1.807) is 23.5 Å². The summed E-state index contributed by atoms with van der Waals surface area (Å²) < 4.78 is 13.3. The number of carbonyl (C=O) groups is 2. The first-order valence-corrected chi connectivity index (χ1v) is 9.96. The molecule has 140 valence electrons. The van der Waals surface area contributed by atoms with Gasteiger partial charge < -0.3 is 5.32 Å². The zero-order valence-corrected chi connectivity index (χ0v) is 15.5. The van der Waals surface area contributed by atoms with Gasteiger partial charge in [-0.2, -0.15) is 5.10 Å². The normalized spacial score (nSPS) is 19.5. The third kappa shape index (κ3) is 3.78. The van der Waals surface area contributed by atoms with E-state index in [1.807, 2.05) is 17.5 Å². The van der Waals surface area contributed by atoms with E-state index >= 15 is 0 Å². The van der Waals surface area contributed by atoms with Gasteiger partial charge in [0.05, 0.1) is 23.2 Å². The number of benzene rings is 1. The monoisotopic (exact) mass is 385 g/mol. The second-order valence-electron chi connectivity index (χ2n) is 6.88. The second-order valence-corrected chi connectivity index (χ2v) is 7.83. The minimum absolute atomic E-state index is 0.0365. The van der Waals surface area contributed by atoms with E-state index in [1.165, 1.54) is 17.1 Å². The molecule has 5 nitrogen and oxygen atoms in total. The number of hydrazone groups is 1. The summed E-state index contributed by atoms with van der Waals surface area (Å²) in [6.45, 7) is -0.0752. The van der Waals surface area contributed by atoms with Gasteiger partial charge in [0.15, 0.2) is 0 Å². The number of rotatable bonds is 5. The molecule has 2 heterocycles. The van der Waals surface area contributed by atoms with Gasteiger partial charge in [-0.25, -0.2) is 9.40 Å². The summed E-state index contributed by atoms with van der Waals surface area (Å²) in [5, 5.41) is 10.7. The van der Waals surface area contributed by atoms with E-state index in [0.29, 0.717) is 6.42 Å². The molecule has 1 aromatic carbocycles. The first-order chi connectivity index (χ1) is 13.1. The van der Waals surface area contributed by atoms with Crippen LogP contribution in [0.5, 0.6) is 0 Å². The molecule has 1 atom stereocenters. The van der Waals surface area contributed by atoms with Crippen LogP contribution in [0.3, 0.4) is 0 Å². The minimum atomic E-state index is -0.318. The lowest BCUT2D eigenvalue weighted by Crippen LogP contribution is -2.41. The second kappa shape index (κ2) is 7.60. The van der Waals surface area contributed by atoms with Crippen LogP contribution in [0, 0.1) is 11.7 Å². The third-order valence-electron chi connectivity index (χ3n) is 5.12. The quantitative estimate of drug-likeness (QED) is 0.857. The maximum atomic E-state index is 13.3. The Bertz CT molecular complexity index is 860. The zero-order chi connectivity index (χ0) is 18.8. The molecule has 1 aromatic heterocycles. The van der Waals surface area contributed by atoms with E-state index in [0.717, 1.165) is 35.4 Å². The number of nitrogens with one attached hydrogen (secondary N) is 1. The molecule has 0 unspecified atom stereocenters. The predicted molar refractivity (Wildman–Crippen MR) is 102 cm³/mol. The average Bonchev–Trinajstić information content (AvgIpc) is 3.28. The molecule has 1 fully saturated rings. The van der Waals surface area contributed by atoms with Crippen LogP contribution in [0.4, 0.5) is 4.39 Å². The van der Waals surface area contributed by atoms with Crippen LogP contribution in [0.15, 0.2) is 46.9 Å². The number of thiophene rings is 1. The fraction of sp³-hybridized carbons (Fsp3) is 0.350. The fourth-order valence-corrected chi connectivity index (χ4v) is 4.06. The Morgan fingerprint density at radius 2 is 2.00 bits per heavy atom. The summed E-state index contributed by atoms with van der Waals surface area (Å²) in [6.07, 6.45) is 3.42. The standard InChI is InChI=1S/C20H20FN3O2S/c21-15-8-6-13(7-9-15)17-11-16(18-5-2-10-27-18)23-24(17)19(25)12-22-20(26)14-3-1-4-14/h2,5-10,14,17H,1,3-4,11-12H2,(H,22,26)/t17-/m1/s1. The van der Waals surface area contributed by atoms with Gasteiger partial charge in [-0.05, 0) is 42.0 Å². The summed E-state index contributed by atoms with van der Waals surface area (Å²) in [4.78, 5) is 25.8. The molecule has 2 aromatic rings. The molecule has 7 heteroatoms. The lowest BCUT2D eigenvalue weighted by Gasteiger charge is -2.25. The number of hydrogen-bond donors (Lipinski definition) is 1. The van der Waals surface area contributed by atoms with Crippen molar-refractivity contribution in [1.29, 1.82) is 0 Å². The summed E-state index contributed by atoms with van der Waals surface area (Å²) >= 11 is 1.57. The Hall–Kier alpha value is -2.54. The van der Waals surface area contributed by atoms with Gasteiger partial charge in [0, 0.05) is 12.3 Å². The van der Waals surface area contributed by atoms with Crippen molar-refractivity contribution in [3.63, 3.8) is 0 Å². The maximum absolute atomic E-state index is 13.3. The van der Waals surface area contributed by atoms with E-state index in [9.17, 15) is 14.0 Å². The summed E-state index contributed by atoms with van der Waals surface area (Å²) in [5.41, 5.74) is 1.66. The van der Waals surface area contributed by atoms with Crippen LogP contribution in [0.25, 0.3) is 0 Å². The van der Waals surface area contributed by atoms with Crippen LogP contribution in [0.2, 0.25) is 0 Å². The summed E-state index contributed by atoms with van der Waals surface area (Å²) in [5.74, 6) is -0.602. The van der Waals surface area contributed by atoms with Gasteiger partial charge in [0.2, 0.25) is 5.91 Å². The van der Waals surface area contributed by atoms with Crippen molar-refractivity contribution in [2.24, 2.45) is 11.0 Å². The van der Waals surface area contributed by atoms with Crippen LogP contribution in [-0.2, 0) is 9.59 Å². The summed E-state index contributed by atoms with van der Waals surface area (Å²) in [7, 11) is 0. The molecule has 0 radical (unpaired) electrons. The molecule has 0 saturated heterocycles. The molecule has 1 aliphatic heterocycles. The Kier molecular flexibility index (Phi) is 5.03. The van der Waals surface area contributed by atoms with Crippen molar-refractivity contribution in [2.75, 3.05) is 6.54 Å². The first-order valence-electron chi connectivity index (χ1n) is 9.08. The van der Waals surface area contributed by atoms with Crippen molar-refractivity contribution in [3.8, 4) is 0 Å². The lowest BCUT2D eigenvalue weighted by molar-refractivity contribution is -0.136. The number of amides is 2. The topological polar surface area (TPSA) is 61.8 Å². The minimum Gasteiger partial charge on any atom is -0.347 e. The van der Waals surface area contributed by atoms with Crippen molar-refractivity contribution >= 4 is 28.9 Å². The van der Waals surface area contributed by atoms with Crippen LogP contribution in [-0.4, -0.2) is 29.1 Å². The maximum Gasteiger partial charge on any atom is 0.262 e. The Balaban J connectivity index is 1.52. The molecule has 0 spiro atoms. The predicted octanol–water partition coefficient (Wildman–Crippen LogP) is 3.48. The first kappa shape index (κ1) is 17.9. The van der Waals surface area contributed by atoms with Gasteiger partial charge in [0.1, 0.15) is 5.82 Å². The lowest BCUT2D eigenvalue weighted by atomic mass is 9.85. The van der Waals surface area contributed by atoms with Gasteiger partial charge in [0.25, 0.3) is 5.91 Å². The highest BCUT2D eigenvalue weighted by molar-refractivity contribution is 7.12. The number of carbonyl (C=O) groups excluding carboxylic acids is 2. The number of hydrogen-bond acceptors (Lipinski definition) is 4. The SMILES string of the molecule is O=C(NCC(=O)N1N=C(c2cccs2)C[C@@H]1c1ccc(F)cc1)C1CCC1. The highest BCUT2D eigenvalue weighted by Gasteiger charge is 2.34. The third-order valence-corrected chi connectivity index (χ3v) is 6.03. The fourth-order valence-electron chi connectivity index (χ4n) is 3.33. The highest BCUT2D eigenvalue weighted by atomic mass is 32.1. The van der Waals surface area contributed by atoms with Crippen molar-refractivity contribution in [1.82, 2.24) is 10.3 Å². The Morgan fingerprint density at radius 3 is 2.63 bits per heavy atom. The average molecular weight is 385 g/mol. The number of halogens is 1. The molecular weight excluding hydrogens is 365 g/mol. The number of nitrogens with zero attached hydrogens (tertiary/aromatic N) is 2. The van der Waals surface area contributed by atoms with Crippen LogP contribution in [0.1, 0.15) is 42.2 Å². The molecule has 0 bridgehead atoms. The van der Waals surface area contributed by atoms with Crippen LogP contribution < -0.4 is 5.32 Å². The van der Waals surface area contributed by atoms with Gasteiger partial charge in [-0.3, -0.25) is 9.59 Å². The van der Waals surface area contributed by atoms with Crippen molar-refractivity contribution < 1.29 is 14.0 Å². The zero-order valence-electron chi connectivity index (χ0n) is 14.7. The van der Waals surface area contributed by atoms with E-state index in [-0.39, 0.29) is 36.1 Å². The molecule has 1 saturated carbocycles. The van der Waals surface area contributed by atoms with Crippen molar-refractivity contribution in [2.45, 2.75) is 31.7 Å². The molecule has 1 N–H and O–H groups in total. The van der Waals surface area contributed by atoms with Crippen LogP contribution >= 0.6 is 11.3 Å². The molecule has 2 amide bonds. The Labute approximate surface area is 160 Å². The molecule has 4 rings (SSSR count). The Morgan fingerprint density at radius 1 is 1.22 bits per heavy atom. The van der Waals surface area contributed by atoms with Gasteiger partial charge in [-0.15, -0.1) is 11.3 Å². The molecular formula is C20H20FN3O2S. The van der Waals surface area contributed by atoms with E-state index in [4.69, 9.17) is 0 Å². The largest absolute Gasteiger partial charge is 0.347 e. The summed E-state index contributed by atoms with van der Waals surface area (Å²) in [6, 6.07) is 9.76.